The Labute approximate surface area is 67.8 Å². The molecular formula is C8H16N2O. The minimum atomic E-state index is 0.263. The average molecular weight is 156 g/mol. The summed E-state index contributed by atoms with van der Waals surface area (Å²) < 4.78 is 5.53. The van der Waals surface area contributed by atoms with Crippen LogP contribution in [0.1, 0.15) is 13.8 Å². The zero-order valence-electron chi connectivity index (χ0n) is 7.21. The van der Waals surface area contributed by atoms with Gasteiger partial charge >= 0.3 is 0 Å². The van der Waals surface area contributed by atoms with Gasteiger partial charge in [0.05, 0.1) is 18.0 Å². The Morgan fingerprint density at radius 3 is 2.27 bits per heavy atom. The van der Waals surface area contributed by atoms with Gasteiger partial charge in [0.1, 0.15) is 0 Å². The third kappa shape index (κ3) is 2.12. The van der Waals surface area contributed by atoms with E-state index in [9.17, 15) is 0 Å². The third-order valence-corrected chi connectivity index (χ3v) is 1.83. The predicted octanol–water partition coefficient (Wildman–Crippen LogP) is 0.526. The van der Waals surface area contributed by atoms with Gasteiger partial charge in [-0.3, -0.25) is 0 Å². The Morgan fingerprint density at radius 2 is 1.91 bits per heavy atom. The van der Waals surface area contributed by atoms with Crippen molar-refractivity contribution in [1.82, 2.24) is 4.90 Å². The first-order valence-electron chi connectivity index (χ1n) is 3.94. The molecule has 0 amide bonds. The molecule has 1 saturated heterocycles. The molecule has 0 aliphatic carbocycles. The Bertz CT molecular complexity index is 148. The third-order valence-electron chi connectivity index (χ3n) is 1.83. The highest BCUT2D eigenvalue weighted by molar-refractivity contribution is 4.90. The topological polar surface area (TPSA) is 38.5 Å². The fraction of sp³-hybridized carbons (Fsp3) is 0.750. The number of nitrogens with two attached hydrogens (primary N) is 1. The van der Waals surface area contributed by atoms with E-state index >= 15 is 0 Å². The van der Waals surface area contributed by atoms with Crippen LogP contribution in [0.2, 0.25) is 0 Å². The van der Waals surface area contributed by atoms with E-state index < -0.39 is 0 Å². The summed E-state index contributed by atoms with van der Waals surface area (Å²) in [6.45, 7) is 9.51. The zero-order chi connectivity index (χ0) is 8.43. The second kappa shape index (κ2) is 3.13. The van der Waals surface area contributed by atoms with Crippen LogP contribution in [0.15, 0.2) is 12.4 Å². The number of hydrogen-bond acceptors (Lipinski definition) is 3. The molecule has 2 atom stereocenters. The minimum Gasteiger partial charge on any atom is -0.386 e. The van der Waals surface area contributed by atoms with Crippen LogP contribution in [0, 0.1) is 0 Å². The van der Waals surface area contributed by atoms with E-state index in [2.05, 4.69) is 11.5 Å². The molecule has 0 saturated carbocycles. The summed E-state index contributed by atoms with van der Waals surface area (Å²) in [6.07, 6.45) is 0.526. The molecule has 0 aromatic heterocycles. The second-order valence-electron chi connectivity index (χ2n) is 3.15. The first-order valence-corrected chi connectivity index (χ1v) is 3.94. The molecule has 1 heterocycles. The molecule has 11 heavy (non-hydrogen) atoms. The summed E-state index contributed by atoms with van der Waals surface area (Å²) in [6, 6.07) is 0. The number of morpholine rings is 1. The maximum absolute atomic E-state index is 5.57. The minimum absolute atomic E-state index is 0.263. The van der Waals surface area contributed by atoms with Crippen LogP contribution < -0.4 is 5.73 Å². The Balaban J connectivity index is 2.49. The molecule has 0 unspecified atom stereocenters. The van der Waals surface area contributed by atoms with E-state index in [1.165, 1.54) is 0 Å². The predicted molar refractivity (Wildman–Crippen MR) is 44.9 cm³/mol. The second-order valence-corrected chi connectivity index (χ2v) is 3.15. The smallest absolute Gasteiger partial charge is 0.0914 e. The maximum atomic E-state index is 5.57. The van der Waals surface area contributed by atoms with Gasteiger partial charge in [-0.2, -0.15) is 0 Å². The van der Waals surface area contributed by atoms with E-state index in [1.54, 1.807) is 0 Å². The van der Waals surface area contributed by atoms with Crippen molar-refractivity contribution in [2.75, 3.05) is 13.1 Å². The SMILES string of the molecule is C=C(N)N1C[C@@H](C)O[C@@H](C)C1. The Hall–Kier alpha value is -0.700. The van der Waals surface area contributed by atoms with Crippen molar-refractivity contribution in [3.05, 3.63) is 12.4 Å². The lowest BCUT2D eigenvalue weighted by atomic mass is 10.2. The van der Waals surface area contributed by atoms with Crippen molar-refractivity contribution < 1.29 is 4.74 Å². The van der Waals surface area contributed by atoms with E-state index in [1.807, 2.05) is 13.8 Å². The molecule has 0 radical (unpaired) electrons. The van der Waals surface area contributed by atoms with Crippen molar-refractivity contribution in [3.63, 3.8) is 0 Å². The van der Waals surface area contributed by atoms with Gasteiger partial charge in [-0.1, -0.05) is 6.58 Å². The van der Waals surface area contributed by atoms with Crippen molar-refractivity contribution in [1.29, 1.82) is 0 Å². The monoisotopic (exact) mass is 156 g/mol. The lowest BCUT2D eigenvalue weighted by Crippen LogP contribution is -2.46. The molecule has 0 aromatic rings. The van der Waals surface area contributed by atoms with Gasteiger partial charge in [0.15, 0.2) is 0 Å². The lowest BCUT2D eigenvalue weighted by Gasteiger charge is -2.36. The molecule has 1 aliphatic rings. The summed E-state index contributed by atoms with van der Waals surface area (Å²) in [4.78, 5) is 2.05. The van der Waals surface area contributed by atoms with Gasteiger partial charge in [0.25, 0.3) is 0 Å². The molecule has 1 fully saturated rings. The summed E-state index contributed by atoms with van der Waals surface area (Å²) >= 11 is 0. The Kier molecular flexibility index (Phi) is 2.39. The summed E-state index contributed by atoms with van der Waals surface area (Å²) in [5.74, 6) is 0.645. The summed E-state index contributed by atoms with van der Waals surface area (Å²) in [5.41, 5.74) is 5.57. The fourth-order valence-corrected chi connectivity index (χ4v) is 1.41. The first kappa shape index (κ1) is 8.40. The van der Waals surface area contributed by atoms with Crippen molar-refractivity contribution in [2.24, 2.45) is 5.73 Å². The first-order chi connectivity index (χ1) is 5.09. The maximum Gasteiger partial charge on any atom is 0.0914 e. The van der Waals surface area contributed by atoms with Gasteiger partial charge in [-0.25, -0.2) is 0 Å². The van der Waals surface area contributed by atoms with E-state index in [-0.39, 0.29) is 12.2 Å². The van der Waals surface area contributed by atoms with Gasteiger partial charge in [0.2, 0.25) is 0 Å². The number of ether oxygens (including phenoxy) is 1. The van der Waals surface area contributed by atoms with Gasteiger partial charge in [-0.05, 0) is 13.8 Å². The molecule has 1 rings (SSSR count). The van der Waals surface area contributed by atoms with Crippen molar-refractivity contribution in [2.45, 2.75) is 26.1 Å². The van der Waals surface area contributed by atoms with Crippen LogP contribution in [-0.2, 0) is 4.74 Å². The van der Waals surface area contributed by atoms with Gasteiger partial charge < -0.3 is 15.4 Å². The largest absolute Gasteiger partial charge is 0.386 e. The number of hydrogen-bond donors (Lipinski definition) is 1. The molecule has 3 nitrogen and oxygen atoms in total. The van der Waals surface area contributed by atoms with Crippen LogP contribution in [0.5, 0.6) is 0 Å². The molecule has 0 aromatic carbocycles. The van der Waals surface area contributed by atoms with Gasteiger partial charge in [0, 0.05) is 13.1 Å². The molecule has 3 heteroatoms. The highest BCUT2D eigenvalue weighted by atomic mass is 16.5. The summed E-state index contributed by atoms with van der Waals surface area (Å²) in [7, 11) is 0. The van der Waals surface area contributed by atoms with Crippen LogP contribution in [-0.4, -0.2) is 30.2 Å². The normalized spacial score (nSPS) is 32.0. The van der Waals surface area contributed by atoms with Crippen molar-refractivity contribution >= 4 is 0 Å². The van der Waals surface area contributed by atoms with Crippen LogP contribution in [0.3, 0.4) is 0 Å². The summed E-state index contributed by atoms with van der Waals surface area (Å²) in [5, 5.41) is 0. The van der Waals surface area contributed by atoms with Gasteiger partial charge in [-0.15, -0.1) is 0 Å². The molecule has 0 bridgehead atoms. The van der Waals surface area contributed by atoms with Crippen molar-refractivity contribution in [3.8, 4) is 0 Å². The highest BCUT2D eigenvalue weighted by Crippen LogP contribution is 2.11. The van der Waals surface area contributed by atoms with Crippen LogP contribution in [0.25, 0.3) is 0 Å². The standard InChI is InChI=1S/C8H16N2O/c1-6-4-10(8(3)9)5-7(2)11-6/h6-7H,3-5,9H2,1-2H3/t6-,7+. The van der Waals surface area contributed by atoms with Crippen LogP contribution >= 0.6 is 0 Å². The average Bonchev–Trinajstić information content (AvgIpc) is 1.85. The zero-order valence-corrected chi connectivity index (χ0v) is 7.21. The van der Waals surface area contributed by atoms with E-state index in [0.29, 0.717) is 5.82 Å². The molecular weight excluding hydrogens is 140 g/mol. The molecule has 64 valence electrons. The number of rotatable bonds is 1. The Morgan fingerprint density at radius 1 is 1.45 bits per heavy atom. The van der Waals surface area contributed by atoms with E-state index in [0.717, 1.165) is 13.1 Å². The van der Waals surface area contributed by atoms with Crippen LogP contribution in [0.4, 0.5) is 0 Å². The molecule has 0 spiro atoms. The number of nitrogens with zero attached hydrogens (tertiary/aromatic N) is 1. The quantitative estimate of drug-likeness (QED) is 0.601. The lowest BCUT2D eigenvalue weighted by molar-refractivity contribution is -0.0580. The molecule has 1 aliphatic heterocycles. The fourth-order valence-electron chi connectivity index (χ4n) is 1.41. The molecule has 2 N–H and O–H groups in total. The highest BCUT2D eigenvalue weighted by Gasteiger charge is 2.21. The van der Waals surface area contributed by atoms with E-state index in [4.69, 9.17) is 10.5 Å².